The summed E-state index contributed by atoms with van der Waals surface area (Å²) in [6, 6.07) is 4.26. The minimum atomic E-state index is 0.123. The third-order valence-corrected chi connectivity index (χ3v) is 5.64. The molecule has 1 fully saturated rings. The molecule has 138 valence electrons. The van der Waals surface area contributed by atoms with Crippen LogP contribution in [-0.4, -0.2) is 44.6 Å². The quantitative estimate of drug-likeness (QED) is 0.368. The smallest absolute Gasteiger partial charge is 0.283 e. The Morgan fingerprint density at radius 3 is 2.67 bits per heavy atom. The Labute approximate surface area is 172 Å². The van der Waals surface area contributed by atoms with Gasteiger partial charge >= 0.3 is 0 Å². The van der Waals surface area contributed by atoms with E-state index in [0.29, 0.717) is 0 Å². The molecule has 0 radical (unpaired) electrons. The van der Waals surface area contributed by atoms with E-state index < -0.39 is 0 Å². The Balaban J connectivity index is 1.66. The second-order valence-corrected chi connectivity index (χ2v) is 7.68. The number of fused-ring (bicyclic) bond motifs is 1. The molecule has 27 heavy (non-hydrogen) atoms. The van der Waals surface area contributed by atoms with Crippen LogP contribution in [0.5, 0.6) is 0 Å². The monoisotopic (exact) mass is 472 g/mol. The van der Waals surface area contributed by atoms with E-state index in [1.165, 1.54) is 11.3 Å². The van der Waals surface area contributed by atoms with Crippen LogP contribution in [0.3, 0.4) is 0 Å². The van der Waals surface area contributed by atoms with Crippen LogP contribution in [0.25, 0.3) is 11.1 Å². The average molecular weight is 472 g/mol. The summed E-state index contributed by atoms with van der Waals surface area (Å²) in [6.07, 6.45) is 16.6. The first-order chi connectivity index (χ1) is 13.1. The van der Waals surface area contributed by atoms with Gasteiger partial charge in [-0.1, -0.05) is 42.0 Å². The first-order valence-electron chi connectivity index (χ1n) is 9.02. The maximum atomic E-state index is 11.6. The van der Waals surface area contributed by atoms with E-state index in [2.05, 4.69) is 71.7 Å². The highest BCUT2D eigenvalue weighted by molar-refractivity contribution is 14.1. The molecule has 2 aromatic rings. The molecular weight excluding hydrogens is 451 g/mol. The van der Waals surface area contributed by atoms with Crippen molar-refractivity contribution in [3.8, 4) is 0 Å². The van der Waals surface area contributed by atoms with Gasteiger partial charge in [0.2, 0.25) is 0 Å². The van der Waals surface area contributed by atoms with Gasteiger partial charge in [0.05, 0.1) is 11.2 Å². The summed E-state index contributed by atoms with van der Waals surface area (Å²) in [4.78, 5) is 15.8. The second kappa shape index (κ2) is 7.72. The van der Waals surface area contributed by atoms with E-state index in [1.807, 2.05) is 38.2 Å². The number of hydrogen-bond acceptors (Lipinski definition) is 3. The SMILES string of the molecule is CC1=C/C=C(c2cc3c(N4CCN(C(=O)I)CC4)ccnn3c2)\C=C/C=C\1. The number of anilines is 1. The molecule has 0 bridgehead atoms. The molecular formula is C21H21IN4O. The van der Waals surface area contributed by atoms with Gasteiger partial charge in [0.15, 0.2) is 0 Å². The number of nitrogens with zero attached hydrogens (tertiary/aromatic N) is 4. The van der Waals surface area contributed by atoms with Crippen LogP contribution >= 0.6 is 22.6 Å². The van der Waals surface area contributed by atoms with E-state index in [4.69, 9.17) is 0 Å². The fraction of sp³-hybridized carbons (Fsp3) is 0.238. The molecule has 4 rings (SSSR count). The van der Waals surface area contributed by atoms with E-state index in [1.54, 1.807) is 0 Å². The van der Waals surface area contributed by atoms with Crippen LogP contribution in [-0.2, 0) is 0 Å². The first-order valence-corrected chi connectivity index (χ1v) is 10.1. The van der Waals surface area contributed by atoms with Gasteiger partial charge < -0.3 is 9.80 Å². The third-order valence-electron chi connectivity index (χ3n) is 4.96. The highest BCUT2D eigenvalue weighted by Crippen LogP contribution is 2.28. The number of aromatic nitrogens is 2. The van der Waals surface area contributed by atoms with Gasteiger partial charge in [0.1, 0.15) is 0 Å². The Kier molecular flexibility index (Phi) is 5.15. The lowest BCUT2D eigenvalue weighted by Gasteiger charge is -2.35. The summed E-state index contributed by atoms with van der Waals surface area (Å²) >= 11 is 1.87. The first kappa shape index (κ1) is 18.0. The number of rotatable bonds is 2. The number of amides is 1. The van der Waals surface area contributed by atoms with Gasteiger partial charge in [-0.05, 0) is 24.6 Å². The van der Waals surface area contributed by atoms with E-state index in [9.17, 15) is 4.79 Å². The molecule has 0 saturated carbocycles. The van der Waals surface area contributed by atoms with Gasteiger partial charge in [-0.3, -0.25) is 4.79 Å². The molecule has 1 aliphatic carbocycles. The van der Waals surface area contributed by atoms with E-state index in [0.717, 1.165) is 42.8 Å². The molecule has 6 heteroatoms. The average Bonchev–Trinajstić information content (AvgIpc) is 3.09. The number of hydrogen-bond donors (Lipinski definition) is 0. The van der Waals surface area contributed by atoms with Gasteiger partial charge in [-0.2, -0.15) is 5.10 Å². The minimum absolute atomic E-state index is 0.123. The Morgan fingerprint density at radius 2 is 1.89 bits per heavy atom. The lowest BCUT2D eigenvalue weighted by atomic mass is 10.1. The number of piperazine rings is 1. The van der Waals surface area contributed by atoms with Crippen molar-refractivity contribution in [2.24, 2.45) is 0 Å². The van der Waals surface area contributed by atoms with Crippen molar-refractivity contribution in [2.75, 3.05) is 31.1 Å². The lowest BCUT2D eigenvalue weighted by molar-refractivity contribution is 0.222. The van der Waals surface area contributed by atoms with Gasteiger partial charge in [0, 0.05) is 66.7 Å². The van der Waals surface area contributed by atoms with E-state index >= 15 is 0 Å². The summed E-state index contributed by atoms with van der Waals surface area (Å²) in [5.41, 5.74) is 5.79. The topological polar surface area (TPSA) is 40.8 Å². The summed E-state index contributed by atoms with van der Waals surface area (Å²) in [5.74, 6) is 0. The van der Waals surface area contributed by atoms with Crippen molar-refractivity contribution in [2.45, 2.75) is 6.92 Å². The highest BCUT2D eigenvalue weighted by atomic mass is 127. The second-order valence-electron chi connectivity index (χ2n) is 6.75. The Hall–Kier alpha value is -2.35. The van der Waals surface area contributed by atoms with Crippen LogP contribution in [0.2, 0.25) is 0 Å². The predicted octanol–water partition coefficient (Wildman–Crippen LogP) is 4.47. The normalized spacial score (nSPS) is 23.8. The maximum absolute atomic E-state index is 11.6. The molecule has 1 saturated heterocycles. The molecule has 2 aliphatic rings. The number of carbonyl (C=O) groups is 1. The molecule has 2 aromatic heterocycles. The molecule has 0 spiro atoms. The summed E-state index contributed by atoms with van der Waals surface area (Å²) in [7, 11) is 0. The molecule has 0 aromatic carbocycles. The summed E-state index contributed by atoms with van der Waals surface area (Å²) < 4.78 is 2.07. The molecule has 0 unspecified atom stereocenters. The van der Waals surface area contributed by atoms with Crippen LogP contribution < -0.4 is 4.90 Å². The largest absolute Gasteiger partial charge is 0.366 e. The highest BCUT2D eigenvalue weighted by Gasteiger charge is 2.21. The van der Waals surface area contributed by atoms with Crippen LogP contribution in [0.15, 0.2) is 66.6 Å². The van der Waals surface area contributed by atoms with Crippen molar-refractivity contribution in [3.63, 3.8) is 0 Å². The fourth-order valence-corrected chi connectivity index (χ4v) is 3.92. The predicted molar refractivity (Wildman–Crippen MR) is 118 cm³/mol. The zero-order valence-electron chi connectivity index (χ0n) is 15.2. The van der Waals surface area contributed by atoms with Crippen molar-refractivity contribution in [1.82, 2.24) is 14.5 Å². The maximum Gasteiger partial charge on any atom is 0.283 e. The Bertz CT molecular complexity index is 991. The lowest BCUT2D eigenvalue weighted by Crippen LogP contribution is -2.47. The summed E-state index contributed by atoms with van der Waals surface area (Å²) in [5, 5.41) is 4.50. The molecule has 1 aliphatic heterocycles. The third kappa shape index (κ3) is 3.85. The minimum Gasteiger partial charge on any atom is -0.366 e. The molecule has 0 atom stereocenters. The van der Waals surface area contributed by atoms with Gasteiger partial charge in [-0.25, -0.2) is 4.52 Å². The number of carbonyl (C=O) groups excluding carboxylic acids is 1. The summed E-state index contributed by atoms with van der Waals surface area (Å²) in [6.45, 7) is 5.29. The van der Waals surface area contributed by atoms with Crippen molar-refractivity contribution in [1.29, 1.82) is 0 Å². The van der Waals surface area contributed by atoms with Crippen molar-refractivity contribution < 1.29 is 4.79 Å². The number of allylic oxidation sites excluding steroid dienone is 8. The standard InChI is InChI=1S/C21H21IN4O/c1-16-4-2-3-5-17(7-6-16)18-14-20-19(8-9-23-26(20)15-18)24-10-12-25(13-11-24)21(22)27/h2-9,14-15H,10-13H2,1H3/b3-2?,4-2-,5-3-,7-6?,16-4?,16-6-,17-5?,17-7+. The van der Waals surface area contributed by atoms with Gasteiger partial charge in [-0.15, -0.1) is 0 Å². The van der Waals surface area contributed by atoms with Crippen LogP contribution in [0.1, 0.15) is 12.5 Å². The number of halogens is 1. The molecule has 5 nitrogen and oxygen atoms in total. The van der Waals surface area contributed by atoms with Crippen LogP contribution in [0, 0.1) is 0 Å². The van der Waals surface area contributed by atoms with E-state index in [-0.39, 0.29) is 3.91 Å². The zero-order chi connectivity index (χ0) is 18.8. The van der Waals surface area contributed by atoms with Crippen LogP contribution in [0.4, 0.5) is 10.5 Å². The van der Waals surface area contributed by atoms with Gasteiger partial charge in [0.25, 0.3) is 3.91 Å². The fourth-order valence-electron chi connectivity index (χ4n) is 3.44. The van der Waals surface area contributed by atoms with Crippen molar-refractivity contribution >= 4 is 43.3 Å². The Morgan fingerprint density at radius 1 is 1.11 bits per heavy atom. The van der Waals surface area contributed by atoms with Crippen molar-refractivity contribution in [3.05, 3.63) is 72.1 Å². The molecule has 0 N–H and O–H groups in total. The molecule has 1 amide bonds. The zero-order valence-corrected chi connectivity index (χ0v) is 17.3. The molecule has 3 heterocycles.